The molecule has 102 valence electrons. The first-order chi connectivity index (χ1) is 8.32. The van der Waals surface area contributed by atoms with Gasteiger partial charge in [0.25, 0.3) is 0 Å². The Morgan fingerprint density at radius 3 is 2.50 bits per heavy atom. The molecule has 18 heavy (non-hydrogen) atoms. The largest absolute Gasteiger partial charge is 0.498 e. The van der Waals surface area contributed by atoms with E-state index in [4.69, 9.17) is 10.5 Å². The van der Waals surface area contributed by atoms with Crippen LogP contribution in [0.15, 0.2) is 28.6 Å². The maximum Gasteiger partial charge on any atom is 0.433 e. The van der Waals surface area contributed by atoms with E-state index in [1.54, 1.807) is 6.92 Å². The second-order valence-electron chi connectivity index (χ2n) is 4.39. The molecule has 1 saturated carbocycles. The van der Waals surface area contributed by atoms with E-state index in [0.717, 1.165) is 18.9 Å². The predicted octanol–water partition coefficient (Wildman–Crippen LogP) is 2.79. The summed E-state index contributed by atoms with van der Waals surface area (Å²) in [7, 11) is 0. The van der Waals surface area contributed by atoms with Crippen LogP contribution in [-0.2, 0) is 4.74 Å². The van der Waals surface area contributed by atoms with Crippen LogP contribution in [0.25, 0.3) is 0 Å². The summed E-state index contributed by atoms with van der Waals surface area (Å²) in [6.45, 7) is 4.98. The highest BCUT2D eigenvalue weighted by Crippen LogP contribution is 2.27. The van der Waals surface area contributed by atoms with Crippen molar-refractivity contribution in [2.24, 2.45) is 16.6 Å². The van der Waals surface area contributed by atoms with E-state index < -0.39 is 11.9 Å². The van der Waals surface area contributed by atoms with Crippen LogP contribution in [0.2, 0.25) is 0 Å². The fourth-order valence-corrected chi connectivity index (χ4v) is 1.65. The van der Waals surface area contributed by atoms with Crippen LogP contribution in [-0.4, -0.2) is 25.5 Å². The summed E-state index contributed by atoms with van der Waals surface area (Å²) in [6, 6.07) is 0.240. The number of allylic oxidation sites excluding steroid dienone is 4. The first-order valence-electron chi connectivity index (χ1n) is 5.63. The minimum absolute atomic E-state index is 0.240. The van der Waals surface area contributed by atoms with Crippen LogP contribution in [0.4, 0.5) is 13.2 Å². The SMILES string of the molecule is C=N/C(=C\C=C(/C)OCC1CC(N)C1)C(F)(F)F. The highest BCUT2D eigenvalue weighted by molar-refractivity contribution is 5.32. The Balaban J connectivity index is 2.44. The van der Waals surface area contributed by atoms with Gasteiger partial charge in [-0.05, 0) is 44.6 Å². The normalized spacial score (nSPS) is 25.6. The smallest absolute Gasteiger partial charge is 0.433 e. The van der Waals surface area contributed by atoms with Crippen molar-refractivity contribution in [3.63, 3.8) is 0 Å². The Morgan fingerprint density at radius 2 is 2.06 bits per heavy atom. The lowest BCUT2D eigenvalue weighted by atomic mass is 9.82. The van der Waals surface area contributed by atoms with E-state index in [2.05, 4.69) is 11.7 Å². The zero-order chi connectivity index (χ0) is 13.8. The molecule has 0 saturated heterocycles. The van der Waals surface area contributed by atoms with E-state index in [9.17, 15) is 13.2 Å². The van der Waals surface area contributed by atoms with Crippen LogP contribution in [0, 0.1) is 5.92 Å². The molecule has 0 aromatic carbocycles. The number of nitrogens with zero attached hydrogens (tertiary/aromatic N) is 1. The number of hydrogen-bond acceptors (Lipinski definition) is 3. The molecule has 1 aliphatic carbocycles. The van der Waals surface area contributed by atoms with Gasteiger partial charge in [-0.2, -0.15) is 13.2 Å². The van der Waals surface area contributed by atoms with Crippen LogP contribution in [0.1, 0.15) is 19.8 Å². The molecule has 0 radical (unpaired) electrons. The number of aliphatic imine (C=N–C) groups is 1. The van der Waals surface area contributed by atoms with E-state index >= 15 is 0 Å². The Kier molecular flexibility index (Phi) is 4.95. The first-order valence-corrected chi connectivity index (χ1v) is 5.63. The van der Waals surface area contributed by atoms with Gasteiger partial charge in [0.1, 0.15) is 5.70 Å². The molecule has 0 aliphatic heterocycles. The lowest BCUT2D eigenvalue weighted by Gasteiger charge is -2.32. The molecule has 0 aromatic rings. The number of rotatable bonds is 5. The van der Waals surface area contributed by atoms with Crippen LogP contribution in [0.3, 0.4) is 0 Å². The third kappa shape index (κ3) is 4.52. The van der Waals surface area contributed by atoms with Gasteiger partial charge in [-0.3, -0.25) is 4.99 Å². The fourth-order valence-electron chi connectivity index (χ4n) is 1.65. The lowest BCUT2D eigenvalue weighted by molar-refractivity contribution is -0.0922. The Bertz CT molecular complexity index is 355. The van der Waals surface area contributed by atoms with Gasteiger partial charge in [0.05, 0.1) is 12.4 Å². The summed E-state index contributed by atoms with van der Waals surface area (Å²) in [6.07, 6.45) is -0.569. The van der Waals surface area contributed by atoms with Crippen LogP contribution < -0.4 is 5.73 Å². The number of halogens is 3. The zero-order valence-corrected chi connectivity index (χ0v) is 10.2. The van der Waals surface area contributed by atoms with Crippen molar-refractivity contribution in [1.29, 1.82) is 0 Å². The molecule has 0 atom stereocenters. The third-order valence-electron chi connectivity index (χ3n) is 2.76. The summed E-state index contributed by atoms with van der Waals surface area (Å²) < 4.78 is 42.3. The second-order valence-corrected chi connectivity index (χ2v) is 4.39. The highest BCUT2D eigenvalue weighted by Gasteiger charge is 2.32. The van der Waals surface area contributed by atoms with E-state index in [1.165, 1.54) is 6.08 Å². The molecular formula is C12H17F3N2O. The molecule has 0 heterocycles. The lowest BCUT2D eigenvalue weighted by Crippen LogP contribution is -2.38. The van der Waals surface area contributed by atoms with Gasteiger partial charge in [0.2, 0.25) is 0 Å². The Hall–Kier alpha value is -1.30. The van der Waals surface area contributed by atoms with E-state index in [0.29, 0.717) is 18.3 Å². The highest BCUT2D eigenvalue weighted by atomic mass is 19.4. The zero-order valence-electron chi connectivity index (χ0n) is 10.2. The number of alkyl halides is 3. The average molecular weight is 262 g/mol. The first kappa shape index (κ1) is 14.8. The number of ether oxygens (including phenoxy) is 1. The Labute approximate surface area is 104 Å². The molecule has 0 bridgehead atoms. The standard InChI is InChI=1S/C12H17F3N2O/c1-8(18-7-9-5-10(16)6-9)3-4-11(17-2)12(13,14)15/h3-4,9-10H,2,5-7,16H2,1H3/b8-3+,11-4-. The van der Waals surface area contributed by atoms with Crippen molar-refractivity contribution < 1.29 is 17.9 Å². The van der Waals surface area contributed by atoms with Crippen LogP contribution >= 0.6 is 0 Å². The molecule has 0 amide bonds. The van der Waals surface area contributed by atoms with Crippen molar-refractivity contribution in [3.8, 4) is 0 Å². The van der Waals surface area contributed by atoms with Gasteiger partial charge >= 0.3 is 6.18 Å². The average Bonchev–Trinajstić information content (AvgIpc) is 2.21. The van der Waals surface area contributed by atoms with E-state index in [1.807, 2.05) is 0 Å². The number of hydrogen-bond donors (Lipinski definition) is 1. The summed E-state index contributed by atoms with van der Waals surface area (Å²) in [4.78, 5) is 2.93. The fraction of sp³-hybridized carbons (Fsp3) is 0.583. The summed E-state index contributed by atoms with van der Waals surface area (Å²) >= 11 is 0. The molecule has 0 unspecified atom stereocenters. The molecule has 0 spiro atoms. The third-order valence-corrected chi connectivity index (χ3v) is 2.76. The van der Waals surface area contributed by atoms with Crippen molar-refractivity contribution in [2.45, 2.75) is 32.0 Å². The summed E-state index contributed by atoms with van der Waals surface area (Å²) in [5, 5.41) is 0. The maximum atomic E-state index is 12.3. The molecule has 0 aromatic heterocycles. The minimum atomic E-state index is -4.49. The summed E-state index contributed by atoms with van der Waals surface area (Å²) in [5.41, 5.74) is 4.58. The van der Waals surface area contributed by atoms with Gasteiger partial charge in [-0.15, -0.1) is 0 Å². The molecule has 6 heteroatoms. The number of nitrogens with two attached hydrogens (primary N) is 1. The van der Waals surface area contributed by atoms with Crippen molar-refractivity contribution in [2.75, 3.05) is 6.61 Å². The van der Waals surface area contributed by atoms with Gasteiger partial charge < -0.3 is 10.5 Å². The van der Waals surface area contributed by atoms with Crippen LogP contribution in [0.5, 0.6) is 0 Å². The van der Waals surface area contributed by atoms with E-state index in [-0.39, 0.29) is 6.04 Å². The van der Waals surface area contributed by atoms with Gasteiger partial charge in [0, 0.05) is 6.04 Å². The molecule has 1 aliphatic rings. The monoisotopic (exact) mass is 262 g/mol. The topological polar surface area (TPSA) is 47.6 Å². The van der Waals surface area contributed by atoms with Gasteiger partial charge in [0.15, 0.2) is 0 Å². The summed E-state index contributed by atoms with van der Waals surface area (Å²) in [5.74, 6) is 0.827. The molecule has 2 N–H and O–H groups in total. The molecule has 1 fully saturated rings. The van der Waals surface area contributed by atoms with Crippen molar-refractivity contribution in [3.05, 3.63) is 23.6 Å². The van der Waals surface area contributed by atoms with Gasteiger partial charge in [-0.1, -0.05) is 0 Å². The van der Waals surface area contributed by atoms with Gasteiger partial charge in [-0.25, -0.2) is 0 Å². The molecular weight excluding hydrogens is 245 g/mol. The predicted molar refractivity (Wildman–Crippen MR) is 64.1 cm³/mol. The molecule has 1 rings (SSSR count). The maximum absolute atomic E-state index is 12.3. The minimum Gasteiger partial charge on any atom is -0.498 e. The molecule has 3 nitrogen and oxygen atoms in total. The van der Waals surface area contributed by atoms with Crippen molar-refractivity contribution >= 4 is 6.72 Å². The Morgan fingerprint density at radius 1 is 1.44 bits per heavy atom. The van der Waals surface area contributed by atoms with Crippen molar-refractivity contribution in [1.82, 2.24) is 0 Å². The second kappa shape index (κ2) is 6.04. The quantitative estimate of drug-likeness (QED) is 0.470.